The molecule has 5 rings (SSSR count). The van der Waals surface area contributed by atoms with Crippen LogP contribution in [0.2, 0.25) is 5.02 Å². The third kappa shape index (κ3) is 8.22. The first kappa shape index (κ1) is 29.4. The number of benzene rings is 3. The molecule has 2 heterocycles. The van der Waals surface area contributed by atoms with Gasteiger partial charge < -0.3 is 10.1 Å². The fraction of sp³-hybridized carbons (Fsp3) is 0.226. The van der Waals surface area contributed by atoms with Crippen LogP contribution in [0.15, 0.2) is 97.2 Å². The van der Waals surface area contributed by atoms with Gasteiger partial charge in [0.2, 0.25) is 15.9 Å². The highest BCUT2D eigenvalue weighted by Crippen LogP contribution is 2.27. The van der Waals surface area contributed by atoms with E-state index in [9.17, 15) is 13.2 Å². The molecule has 218 valence electrons. The number of halogens is 1. The Balaban J connectivity index is 1.16. The zero-order valence-electron chi connectivity index (χ0n) is 23.1. The van der Waals surface area contributed by atoms with Gasteiger partial charge in [0.25, 0.3) is 0 Å². The average Bonchev–Trinajstić information content (AvgIpc) is 2.97. The van der Waals surface area contributed by atoms with Crippen LogP contribution in [-0.2, 0) is 16.6 Å². The first-order chi connectivity index (χ1) is 20.2. The molecule has 0 spiro atoms. The Kier molecular flexibility index (Phi) is 9.26. The number of carbonyl (C=O) groups excluding carboxylic acids is 1. The molecule has 1 aliphatic heterocycles. The molecule has 9 nitrogen and oxygen atoms in total. The molecule has 0 atom stereocenters. The summed E-state index contributed by atoms with van der Waals surface area (Å²) in [4.78, 5) is 22.1. The Morgan fingerprint density at radius 3 is 2.24 bits per heavy atom. The first-order valence-electron chi connectivity index (χ1n) is 13.6. The summed E-state index contributed by atoms with van der Waals surface area (Å²) >= 11 is 6.01. The number of anilines is 3. The number of rotatable bonds is 9. The molecule has 11 heteroatoms. The first-order valence-corrected chi connectivity index (χ1v) is 15.8. The van der Waals surface area contributed by atoms with E-state index in [1.165, 1.54) is 0 Å². The molecule has 42 heavy (non-hydrogen) atoms. The number of hydrogen-bond donors (Lipinski definition) is 2. The molecule has 1 fully saturated rings. The topological polar surface area (TPSA) is 104 Å². The third-order valence-electron chi connectivity index (χ3n) is 6.85. The van der Waals surface area contributed by atoms with Crippen LogP contribution in [0.25, 0.3) is 0 Å². The summed E-state index contributed by atoms with van der Waals surface area (Å²) in [6.07, 6.45) is 4.58. The molecule has 0 saturated carbocycles. The lowest BCUT2D eigenvalue weighted by molar-refractivity contribution is 0.199. The van der Waals surface area contributed by atoms with Crippen molar-refractivity contribution in [2.45, 2.75) is 25.4 Å². The maximum absolute atomic E-state index is 13.4. The number of pyridine rings is 1. The van der Waals surface area contributed by atoms with Crippen LogP contribution in [-0.4, -0.2) is 49.7 Å². The molecule has 0 unspecified atom stereocenters. The number of amides is 2. The number of hydrogen-bond acceptors (Lipinski definition) is 6. The number of nitrogens with one attached hydrogen (secondary N) is 2. The maximum Gasteiger partial charge on any atom is 0.326 e. The Labute approximate surface area is 251 Å². The van der Waals surface area contributed by atoms with Gasteiger partial charge in [-0.3, -0.25) is 14.5 Å². The van der Waals surface area contributed by atoms with E-state index in [0.717, 1.165) is 50.0 Å². The zero-order valence-corrected chi connectivity index (χ0v) is 24.7. The van der Waals surface area contributed by atoms with Crippen molar-refractivity contribution < 1.29 is 17.9 Å². The number of nitrogens with zero attached hydrogens (tertiary/aromatic N) is 3. The number of urea groups is 1. The van der Waals surface area contributed by atoms with Crippen molar-refractivity contribution >= 4 is 44.7 Å². The van der Waals surface area contributed by atoms with Crippen molar-refractivity contribution in [3.05, 3.63) is 108 Å². The normalized spacial score (nSPS) is 14.2. The minimum absolute atomic E-state index is 0.0591. The van der Waals surface area contributed by atoms with E-state index in [2.05, 4.69) is 19.9 Å². The van der Waals surface area contributed by atoms with E-state index < -0.39 is 10.0 Å². The molecule has 0 bridgehead atoms. The molecular weight excluding hydrogens is 574 g/mol. The molecule has 2 N–H and O–H groups in total. The minimum Gasteiger partial charge on any atom is -0.439 e. The van der Waals surface area contributed by atoms with Gasteiger partial charge in [0.05, 0.1) is 6.26 Å². The average molecular weight is 606 g/mol. The molecule has 1 saturated heterocycles. The summed E-state index contributed by atoms with van der Waals surface area (Å²) in [5.74, 6) is 1.01. The van der Waals surface area contributed by atoms with E-state index in [1.807, 2.05) is 47.4 Å². The highest BCUT2D eigenvalue weighted by atomic mass is 35.5. The van der Waals surface area contributed by atoms with Gasteiger partial charge in [-0.05, 0) is 79.1 Å². The Hall–Kier alpha value is -4.12. The van der Waals surface area contributed by atoms with Gasteiger partial charge in [0.1, 0.15) is 5.75 Å². The molecule has 4 aromatic rings. The molecule has 3 aromatic carbocycles. The number of ether oxygens (including phenoxy) is 1. The molecule has 2 amide bonds. The van der Waals surface area contributed by atoms with Crippen LogP contribution >= 0.6 is 11.6 Å². The van der Waals surface area contributed by atoms with Gasteiger partial charge in [-0.15, -0.1) is 0 Å². The van der Waals surface area contributed by atoms with Gasteiger partial charge in [0.15, 0.2) is 0 Å². The van der Waals surface area contributed by atoms with E-state index in [-0.39, 0.29) is 12.1 Å². The number of sulfonamides is 1. The van der Waals surface area contributed by atoms with Crippen molar-refractivity contribution in [2.75, 3.05) is 34.3 Å². The standard InChI is InChI=1S/C31H32ClN5O4S/c1-42(39,40)35-26-12-14-29(15-13-26)41-30-16-7-23(21-33-30)22-36-19-17-28(18-20-36)37(27-5-3-2-4-6-27)31(38)34-25-10-8-24(32)9-11-25/h2-16,21,28,35H,17-20,22H2,1H3,(H,34,38). The summed E-state index contributed by atoms with van der Waals surface area (Å²) in [5, 5.41) is 3.64. The SMILES string of the molecule is CS(=O)(=O)Nc1ccc(Oc2ccc(CN3CCC(N(C(=O)Nc4ccc(Cl)cc4)c4ccccc4)CC3)cn2)cc1. The molecule has 1 aliphatic rings. The smallest absolute Gasteiger partial charge is 0.326 e. The zero-order chi connectivity index (χ0) is 29.5. The second-order valence-electron chi connectivity index (χ2n) is 10.2. The summed E-state index contributed by atoms with van der Waals surface area (Å²) in [7, 11) is -3.33. The van der Waals surface area contributed by atoms with Crippen molar-refractivity contribution in [3.63, 3.8) is 0 Å². The van der Waals surface area contributed by atoms with Gasteiger partial charge in [-0.1, -0.05) is 35.9 Å². The highest BCUT2D eigenvalue weighted by Gasteiger charge is 2.29. The Bertz CT molecular complexity index is 1580. The fourth-order valence-corrected chi connectivity index (χ4v) is 5.57. The Morgan fingerprint density at radius 1 is 0.952 bits per heavy atom. The highest BCUT2D eigenvalue weighted by molar-refractivity contribution is 7.92. The second kappa shape index (κ2) is 13.2. The van der Waals surface area contributed by atoms with Crippen molar-refractivity contribution in [3.8, 4) is 11.6 Å². The number of carbonyl (C=O) groups is 1. The van der Waals surface area contributed by atoms with Crippen molar-refractivity contribution in [1.82, 2.24) is 9.88 Å². The monoisotopic (exact) mass is 605 g/mol. The van der Waals surface area contributed by atoms with Crippen LogP contribution < -0.4 is 19.7 Å². The molecule has 1 aromatic heterocycles. The number of aromatic nitrogens is 1. The number of likely N-dealkylation sites (tertiary alicyclic amines) is 1. The van der Waals surface area contributed by atoms with Gasteiger partial charge in [0, 0.05) is 60.0 Å². The minimum atomic E-state index is -3.33. The van der Waals surface area contributed by atoms with E-state index >= 15 is 0 Å². The second-order valence-corrected chi connectivity index (χ2v) is 12.3. The summed E-state index contributed by atoms with van der Waals surface area (Å²) in [6, 6.07) is 27.2. The molecular formula is C31H32ClN5O4S. The number of piperidine rings is 1. The lowest BCUT2D eigenvalue weighted by Crippen LogP contribution is -2.49. The van der Waals surface area contributed by atoms with Crippen LogP contribution in [0.3, 0.4) is 0 Å². The quantitative estimate of drug-likeness (QED) is 0.223. The van der Waals surface area contributed by atoms with Gasteiger partial charge in [-0.2, -0.15) is 0 Å². The summed E-state index contributed by atoms with van der Waals surface area (Å²) in [5.41, 5.74) is 3.09. The lowest BCUT2D eigenvalue weighted by atomic mass is 10.0. The Morgan fingerprint density at radius 2 is 1.62 bits per heavy atom. The summed E-state index contributed by atoms with van der Waals surface area (Å²) in [6.45, 7) is 2.43. The predicted octanol–water partition coefficient (Wildman–Crippen LogP) is 6.60. The van der Waals surface area contributed by atoms with Crippen LogP contribution in [0.1, 0.15) is 18.4 Å². The van der Waals surface area contributed by atoms with Crippen LogP contribution in [0.4, 0.5) is 21.9 Å². The van der Waals surface area contributed by atoms with Crippen LogP contribution in [0, 0.1) is 0 Å². The predicted molar refractivity (Wildman–Crippen MR) is 167 cm³/mol. The number of para-hydroxylation sites is 1. The largest absolute Gasteiger partial charge is 0.439 e. The van der Waals surface area contributed by atoms with Crippen molar-refractivity contribution in [2.24, 2.45) is 0 Å². The van der Waals surface area contributed by atoms with Crippen LogP contribution in [0.5, 0.6) is 11.6 Å². The maximum atomic E-state index is 13.4. The molecule has 0 radical (unpaired) electrons. The molecule has 0 aliphatic carbocycles. The van der Waals surface area contributed by atoms with Gasteiger partial charge in [-0.25, -0.2) is 18.2 Å². The lowest BCUT2D eigenvalue weighted by Gasteiger charge is -2.38. The van der Waals surface area contributed by atoms with E-state index in [0.29, 0.717) is 28.0 Å². The third-order valence-corrected chi connectivity index (χ3v) is 7.71. The summed E-state index contributed by atoms with van der Waals surface area (Å²) < 4.78 is 31.0. The van der Waals surface area contributed by atoms with Crippen molar-refractivity contribution in [1.29, 1.82) is 0 Å². The van der Waals surface area contributed by atoms with E-state index in [1.54, 1.807) is 54.7 Å². The van der Waals surface area contributed by atoms with Gasteiger partial charge >= 0.3 is 6.03 Å². The van der Waals surface area contributed by atoms with E-state index in [4.69, 9.17) is 16.3 Å². The fourth-order valence-electron chi connectivity index (χ4n) is 4.88.